The van der Waals surface area contributed by atoms with Gasteiger partial charge in [-0.2, -0.15) is 0 Å². The molecule has 0 fully saturated rings. The fourth-order valence-corrected chi connectivity index (χ4v) is 3.35. The summed E-state index contributed by atoms with van der Waals surface area (Å²) in [6.45, 7) is 2.10. The minimum Gasteiger partial charge on any atom is -0.253 e. The van der Waals surface area contributed by atoms with Gasteiger partial charge in [-0.3, -0.25) is 4.98 Å². The summed E-state index contributed by atoms with van der Waals surface area (Å²) in [5.41, 5.74) is 4.42. The third kappa shape index (κ3) is 3.95. The first kappa shape index (κ1) is 17.3. The average molecular weight is 352 g/mol. The number of rotatable bonds is 5. The number of nitrogens with zero attached hydrogens (tertiary/aromatic N) is 1. The van der Waals surface area contributed by atoms with Crippen LogP contribution in [-0.2, 0) is 16.4 Å². The molecule has 2 aromatic carbocycles. The van der Waals surface area contributed by atoms with Crippen LogP contribution in [0.4, 0.5) is 0 Å². The number of nitrogens with two attached hydrogens (primary N) is 1. The van der Waals surface area contributed by atoms with E-state index in [0.29, 0.717) is 0 Å². The highest BCUT2D eigenvalue weighted by molar-refractivity contribution is 7.89. The molecule has 0 radical (unpaired) electrons. The first-order chi connectivity index (χ1) is 12.0. The quantitative estimate of drug-likeness (QED) is 0.754. The van der Waals surface area contributed by atoms with E-state index in [-0.39, 0.29) is 4.90 Å². The van der Waals surface area contributed by atoms with Crippen molar-refractivity contribution >= 4 is 10.0 Å². The van der Waals surface area contributed by atoms with Crippen molar-refractivity contribution in [2.45, 2.75) is 24.7 Å². The van der Waals surface area contributed by atoms with Crippen LogP contribution < -0.4 is 5.14 Å². The molecule has 1 heterocycles. The van der Waals surface area contributed by atoms with Crippen molar-refractivity contribution in [2.75, 3.05) is 0 Å². The van der Waals surface area contributed by atoms with Crippen LogP contribution in [0.25, 0.3) is 22.4 Å². The number of hydrogen-bond donors (Lipinski definition) is 1. The second kappa shape index (κ2) is 7.17. The smallest absolute Gasteiger partial charge is 0.238 e. The molecule has 2 N–H and O–H groups in total. The second-order valence-corrected chi connectivity index (χ2v) is 7.44. The van der Waals surface area contributed by atoms with E-state index in [9.17, 15) is 8.42 Å². The standard InChI is InChI=1S/C20H20N2O2S/c1-2-7-16-10-6-11-20(22-16)19-14-17(25(21,23)24)12-13-18(19)15-8-4-3-5-9-15/h3-6,8-14H,2,7H2,1H3,(H2,21,23,24). The molecule has 0 unspecified atom stereocenters. The van der Waals surface area contributed by atoms with Crippen LogP contribution in [0, 0.1) is 0 Å². The molecule has 0 saturated carbocycles. The van der Waals surface area contributed by atoms with Crippen molar-refractivity contribution in [3.63, 3.8) is 0 Å². The summed E-state index contributed by atoms with van der Waals surface area (Å²) in [7, 11) is -3.78. The van der Waals surface area contributed by atoms with Crippen molar-refractivity contribution < 1.29 is 8.42 Å². The van der Waals surface area contributed by atoms with Gasteiger partial charge in [0.1, 0.15) is 0 Å². The topological polar surface area (TPSA) is 73.1 Å². The van der Waals surface area contributed by atoms with Gasteiger partial charge >= 0.3 is 0 Å². The van der Waals surface area contributed by atoms with E-state index >= 15 is 0 Å². The minimum absolute atomic E-state index is 0.0878. The summed E-state index contributed by atoms with van der Waals surface area (Å²) in [6, 6.07) is 20.6. The van der Waals surface area contributed by atoms with Gasteiger partial charge in [0.2, 0.25) is 10.0 Å². The molecule has 5 heteroatoms. The lowest BCUT2D eigenvalue weighted by atomic mass is 9.97. The van der Waals surface area contributed by atoms with E-state index in [1.54, 1.807) is 12.1 Å². The molecule has 0 amide bonds. The van der Waals surface area contributed by atoms with Gasteiger partial charge in [0.05, 0.1) is 10.6 Å². The molecular formula is C20H20N2O2S. The fourth-order valence-electron chi connectivity index (χ4n) is 2.81. The Morgan fingerprint density at radius 2 is 1.68 bits per heavy atom. The van der Waals surface area contributed by atoms with Crippen LogP contribution in [-0.4, -0.2) is 13.4 Å². The summed E-state index contributed by atoms with van der Waals surface area (Å²) in [5, 5.41) is 5.32. The maximum Gasteiger partial charge on any atom is 0.238 e. The summed E-state index contributed by atoms with van der Waals surface area (Å²) >= 11 is 0. The van der Waals surface area contributed by atoms with Crippen molar-refractivity contribution in [1.29, 1.82) is 0 Å². The molecule has 4 nitrogen and oxygen atoms in total. The highest BCUT2D eigenvalue weighted by Gasteiger charge is 2.15. The first-order valence-electron chi connectivity index (χ1n) is 8.17. The summed E-state index contributed by atoms with van der Waals surface area (Å²) in [4.78, 5) is 4.79. The van der Waals surface area contributed by atoms with Gasteiger partial charge in [0, 0.05) is 11.3 Å². The molecule has 0 aliphatic carbocycles. The van der Waals surface area contributed by atoms with Gasteiger partial charge in [0.15, 0.2) is 0 Å². The van der Waals surface area contributed by atoms with Crippen molar-refractivity contribution in [1.82, 2.24) is 4.98 Å². The normalized spacial score (nSPS) is 11.4. The SMILES string of the molecule is CCCc1cccc(-c2cc(S(N)(=O)=O)ccc2-c2ccccc2)n1. The average Bonchev–Trinajstić information content (AvgIpc) is 2.62. The van der Waals surface area contributed by atoms with E-state index in [4.69, 9.17) is 10.1 Å². The van der Waals surface area contributed by atoms with E-state index < -0.39 is 10.0 Å². The lowest BCUT2D eigenvalue weighted by Gasteiger charge is -2.12. The van der Waals surface area contributed by atoms with Gasteiger partial charge in [-0.05, 0) is 41.8 Å². The van der Waals surface area contributed by atoms with Crippen LogP contribution in [0.2, 0.25) is 0 Å². The van der Waals surface area contributed by atoms with Crippen LogP contribution in [0.5, 0.6) is 0 Å². The molecule has 128 valence electrons. The minimum atomic E-state index is -3.78. The zero-order valence-electron chi connectivity index (χ0n) is 14.0. The molecule has 3 rings (SSSR count). The van der Waals surface area contributed by atoms with E-state index in [1.807, 2.05) is 48.5 Å². The van der Waals surface area contributed by atoms with Gasteiger partial charge in [-0.25, -0.2) is 13.6 Å². The van der Waals surface area contributed by atoms with E-state index in [2.05, 4.69) is 6.92 Å². The maximum absolute atomic E-state index is 11.8. The highest BCUT2D eigenvalue weighted by Crippen LogP contribution is 2.33. The maximum atomic E-state index is 11.8. The molecule has 1 aromatic heterocycles. The second-order valence-electron chi connectivity index (χ2n) is 5.88. The highest BCUT2D eigenvalue weighted by atomic mass is 32.2. The molecule has 0 bridgehead atoms. The van der Waals surface area contributed by atoms with Crippen molar-refractivity contribution in [3.8, 4) is 22.4 Å². The van der Waals surface area contributed by atoms with Crippen molar-refractivity contribution in [2.24, 2.45) is 5.14 Å². The number of primary sulfonamides is 1. The molecule has 3 aromatic rings. The third-order valence-corrected chi connectivity index (χ3v) is 4.90. The Bertz CT molecular complexity index is 984. The molecular weight excluding hydrogens is 332 g/mol. The molecule has 0 aliphatic heterocycles. The van der Waals surface area contributed by atoms with Crippen LogP contribution in [0.15, 0.2) is 71.6 Å². The Morgan fingerprint density at radius 3 is 2.36 bits per heavy atom. The number of aromatic nitrogens is 1. The Labute approximate surface area is 148 Å². The summed E-state index contributed by atoms with van der Waals surface area (Å²) in [5.74, 6) is 0. The van der Waals surface area contributed by atoms with Crippen LogP contribution in [0.3, 0.4) is 0 Å². The molecule has 0 atom stereocenters. The zero-order chi connectivity index (χ0) is 17.9. The Balaban J connectivity index is 2.23. The summed E-state index contributed by atoms with van der Waals surface area (Å²) in [6.07, 6.45) is 1.88. The number of aryl methyl sites for hydroxylation is 1. The van der Waals surface area contributed by atoms with Gasteiger partial charge < -0.3 is 0 Å². The first-order valence-corrected chi connectivity index (χ1v) is 9.72. The lowest BCUT2D eigenvalue weighted by Crippen LogP contribution is -2.12. The Kier molecular flexibility index (Phi) is 4.97. The fraction of sp³-hybridized carbons (Fsp3) is 0.150. The zero-order valence-corrected chi connectivity index (χ0v) is 14.8. The predicted octanol–water partition coefficient (Wildman–Crippen LogP) is 4.02. The summed E-state index contributed by atoms with van der Waals surface area (Å²) < 4.78 is 23.6. The molecule has 0 spiro atoms. The monoisotopic (exact) mass is 352 g/mol. The van der Waals surface area contributed by atoms with E-state index in [1.165, 1.54) is 6.07 Å². The lowest BCUT2D eigenvalue weighted by molar-refractivity contribution is 0.598. The van der Waals surface area contributed by atoms with Gasteiger partial charge in [-0.15, -0.1) is 0 Å². The van der Waals surface area contributed by atoms with Crippen LogP contribution in [0.1, 0.15) is 19.0 Å². The molecule has 0 aliphatic rings. The Hall–Kier alpha value is -2.50. The number of pyridine rings is 1. The predicted molar refractivity (Wildman–Crippen MR) is 100 cm³/mol. The number of sulfonamides is 1. The number of benzene rings is 2. The number of hydrogen-bond acceptors (Lipinski definition) is 3. The third-order valence-electron chi connectivity index (χ3n) is 3.99. The van der Waals surface area contributed by atoms with Crippen LogP contribution >= 0.6 is 0 Å². The molecule has 0 saturated heterocycles. The molecule has 25 heavy (non-hydrogen) atoms. The van der Waals surface area contributed by atoms with Crippen molar-refractivity contribution in [3.05, 3.63) is 72.4 Å². The van der Waals surface area contributed by atoms with Gasteiger partial charge in [-0.1, -0.05) is 55.8 Å². The van der Waals surface area contributed by atoms with E-state index in [0.717, 1.165) is 40.9 Å². The van der Waals surface area contributed by atoms with Gasteiger partial charge in [0.25, 0.3) is 0 Å². The Morgan fingerprint density at radius 1 is 0.920 bits per heavy atom. The largest absolute Gasteiger partial charge is 0.253 e.